The molecule has 16 nitrogen and oxygen atoms in total. The third-order valence-corrected chi connectivity index (χ3v) is 19.2. The Morgan fingerprint density at radius 2 is 0.490 bits per heavy atom. The van der Waals surface area contributed by atoms with Crippen LogP contribution in [0, 0.1) is 0 Å². The van der Waals surface area contributed by atoms with E-state index in [1.807, 2.05) is 97.1 Å². The topological polar surface area (TPSA) is 211 Å². The predicted octanol–water partition coefficient (Wildman–Crippen LogP) is 14.2. The van der Waals surface area contributed by atoms with E-state index in [9.17, 15) is 0 Å². The van der Waals surface area contributed by atoms with Crippen molar-refractivity contribution in [1.82, 2.24) is 79.7 Å². The summed E-state index contributed by atoms with van der Waals surface area (Å²) in [6.45, 7) is 0. The maximum Gasteiger partial charge on any atom is 2.00 e. The second kappa shape index (κ2) is 22.5. The SMILES string of the molecule is C1=CC2c3nc(nc4[n-]c(nc5nc(nc6[n-]c(n3)c3ccccc63)-c3ccccc3-5)c3ccccc43)C2C=C1.C1=c2ccccc2=CC2c3nc(nc4[n-]c(nc5nc(nc6[n-]c(n3)c3cc7ccccc7cc63)-c3cc6ccccc6cc3-5)c3cc5ccccc5cc43)C12.[Pt+2].[Pt+2]. The minimum atomic E-state index is -0.144. The van der Waals surface area contributed by atoms with Crippen LogP contribution in [-0.4, -0.2) is 59.8 Å². The van der Waals surface area contributed by atoms with Crippen LogP contribution in [0.5, 0.6) is 0 Å². The summed E-state index contributed by atoms with van der Waals surface area (Å²) in [5.74, 6) is 4.50. The van der Waals surface area contributed by atoms with E-state index in [1.54, 1.807) is 0 Å². The Morgan fingerprint density at radius 1 is 0.224 bits per heavy atom. The molecule has 4 unspecified atom stereocenters. The molecule has 10 heterocycles. The van der Waals surface area contributed by atoms with Crippen molar-refractivity contribution < 1.29 is 42.1 Å². The van der Waals surface area contributed by atoms with Crippen LogP contribution in [-0.2, 0) is 42.1 Å². The molecular formula is C80H44N16Pt2. The Hall–Kier alpha value is -11.7. The molecule has 4 atom stereocenters. The van der Waals surface area contributed by atoms with E-state index in [-0.39, 0.29) is 65.8 Å². The molecule has 0 radical (unpaired) electrons. The third-order valence-electron chi connectivity index (χ3n) is 19.2. The fourth-order valence-corrected chi connectivity index (χ4v) is 14.5. The van der Waals surface area contributed by atoms with Gasteiger partial charge in [-0.25, -0.2) is 9.97 Å². The number of aromatic nitrogens is 16. The van der Waals surface area contributed by atoms with Crippen LogP contribution in [0.3, 0.4) is 0 Å². The van der Waals surface area contributed by atoms with Crippen molar-refractivity contribution >= 4 is 133 Å². The van der Waals surface area contributed by atoms with Crippen LogP contribution < -0.4 is 30.4 Å². The number of hydrogen-bond acceptors (Lipinski definition) is 12. The maximum absolute atomic E-state index is 5.30. The second-order valence-electron chi connectivity index (χ2n) is 24.8. The monoisotopic (exact) mass is 1620 g/mol. The van der Waals surface area contributed by atoms with Gasteiger partial charge in [-0.3, -0.25) is 9.97 Å². The summed E-state index contributed by atoms with van der Waals surface area (Å²) in [6, 6.07) is 70.3. The van der Waals surface area contributed by atoms with Gasteiger partial charge in [-0.2, -0.15) is 0 Å². The molecule has 22 rings (SSSR count). The molecule has 464 valence electrons. The Morgan fingerprint density at radius 3 is 0.847 bits per heavy atom. The minimum Gasteiger partial charge on any atom is -0.357 e. The van der Waals surface area contributed by atoms with Crippen LogP contribution in [0.4, 0.5) is 0 Å². The zero-order valence-corrected chi connectivity index (χ0v) is 55.7. The second-order valence-corrected chi connectivity index (χ2v) is 24.8. The van der Waals surface area contributed by atoms with Crippen molar-refractivity contribution in [3.8, 4) is 45.6 Å². The van der Waals surface area contributed by atoms with E-state index in [2.05, 4.69) is 146 Å². The smallest absolute Gasteiger partial charge is 0.357 e. The normalized spacial score (nSPS) is 16.1. The van der Waals surface area contributed by atoms with Gasteiger partial charge in [0, 0.05) is 91.1 Å². The van der Waals surface area contributed by atoms with Gasteiger partial charge in [-0.05, 0) is 122 Å². The molecule has 6 aromatic heterocycles. The van der Waals surface area contributed by atoms with Gasteiger partial charge in [0.15, 0.2) is 0 Å². The summed E-state index contributed by atoms with van der Waals surface area (Å²) in [5.41, 5.74) is 8.13. The standard InChI is InChI=1S/C48H26N8.C32H18N8.2Pt/c1-2-10-26-18-34-33(17-25(26)9-1)41-49-42(34)54-44-37-21-29-13-5-6-14-30(29)22-38(37)46(51-44)56-48-40-24-32-16-8-7-15-31(32)23-39(40)47(52-48)55-45-36-20-28-12-4-3-11-27(28)19-35(36)43(50-45)53-41;1-2-10-18-17(9-1)25-33-26(18)38-28-21-13-5-6-14-22(21)30(35-28)40-32-24-16-8-7-15-23(24)31(36-32)39-29-20-12-4-3-11-19(20)27(34-29)37-25;;/h1-24,33-34H;1-18H;;/q2*-2;2*+2. The summed E-state index contributed by atoms with van der Waals surface area (Å²) in [7, 11) is 0. The van der Waals surface area contributed by atoms with Gasteiger partial charge < -0.3 is 59.8 Å². The molecule has 4 aliphatic heterocycles. The Balaban J connectivity index is 0.000000142. The van der Waals surface area contributed by atoms with E-state index in [0.717, 1.165) is 108 Å². The minimum absolute atomic E-state index is 0. The first kappa shape index (κ1) is 57.7. The Labute approximate surface area is 583 Å². The summed E-state index contributed by atoms with van der Waals surface area (Å²) >= 11 is 0. The van der Waals surface area contributed by atoms with Crippen LogP contribution in [0.15, 0.2) is 231 Å². The number of rotatable bonds is 0. The summed E-state index contributed by atoms with van der Waals surface area (Å²) < 4.78 is 0. The number of benzene rings is 10. The van der Waals surface area contributed by atoms with Crippen molar-refractivity contribution in [2.45, 2.75) is 23.7 Å². The summed E-state index contributed by atoms with van der Waals surface area (Å²) in [4.78, 5) is 81.4. The van der Waals surface area contributed by atoms with Crippen LogP contribution in [0.1, 0.15) is 47.0 Å². The number of allylic oxidation sites excluding steroid dienone is 4. The van der Waals surface area contributed by atoms with Crippen molar-refractivity contribution in [3.63, 3.8) is 0 Å². The van der Waals surface area contributed by atoms with E-state index in [4.69, 9.17) is 79.7 Å². The first-order valence-electron chi connectivity index (χ1n) is 31.9. The molecule has 0 fully saturated rings. The average molecular weight is 1620 g/mol. The first-order valence-corrected chi connectivity index (χ1v) is 31.9. The molecule has 10 aromatic carbocycles. The van der Waals surface area contributed by atoms with Crippen molar-refractivity contribution in [3.05, 3.63) is 264 Å². The molecule has 16 bridgehead atoms. The van der Waals surface area contributed by atoms with Crippen LogP contribution in [0.2, 0.25) is 0 Å². The van der Waals surface area contributed by atoms with E-state index in [0.29, 0.717) is 91.8 Å². The molecule has 6 aliphatic rings. The van der Waals surface area contributed by atoms with Gasteiger partial charge in [0.25, 0.3) is 0 Å². The van der Waals surface area contributed by atoms with Gasteiger partial charge in [-0.1, -0.05) is 206 Å². The molecule has 18 heteroatoms. The molecule has 16 aromatic rings. The fourth-order valence-electron chi connectivity index (χ4n) is 14.5. The molecule has 0 saturated heterocycles. The average Bonchev–Trinajstić information content (AvgIpc) is 1.61. The Kier molecular flexibility index (Phi) is 13.2. The van der Waals surface area contributed by atoms with E-state index < -0.39 is 0 Å². The summed E-state index contributed by atoms with van der Waals surface area (Å²) in [6.07, 6.45) is 12.8. The van der Waals surface area contributed by atoms with Crippen LogP contribution >= 0.6 is 0 Å². The molecule has 2 aliphatic carbocycles. The van der Waals surface area contributed by atoms with Gasteiger partial charge in [0.1, 0.15) is 0 Å². The maximum atomic E-state index is 5.30. The molecule has 0 N–H and O–H groups in total. The van der Waals surface area contributed by atoms with Crippen molar-refractivity contribution in [2.75, 3.05) is 0 Å². The molecule has 0 spiro atoms. The van der Waals surface area contributed by atoms with Crippen LogP contribution in [0.25, 0.3) is 178 Å². The number of fused-ring (bicyclic) bond motifs is 44. The van der Waals surface area contributed by atoms with E-state index >= 15 is 0 Å². The largest absolute Gasteiger partial charge is 2.00 e. The predicted molar refractivity (Wildman–Crippen MR) is 376 cm³/mol. The molecule has 0 amide bonds. The quantitative estimate of drug-likeness (QED) is 0.138. The van der Waals surface area contributed by atoms with Gasteiger partial charge in [0.2, 0.25) is 0 Å². The third kappa shape index (κ3) is 9.19. The van der Waals surface area contributed by atoms with Gasteiger partial charge >= 0.3 is 42.1 Å². The van der Waals surface area contributed by atoms with Crippen molar-refractivity contribution in [1.29, 1.82) is 0 Å². The summed E-state index contributed by atoms with van der Waals surface area (Å²) in [5, 5.41) is 16.1. The zero-order valence-electron chi connectivity index (χ0n) is 51.2. The molecule has 98 heavy (non-hydrogen) atoms. The van der Waals surface area contributed by atoms with Crippen molar-refractivity contribution in [2.24, 2.45) is 0 Å². The van der Waals surface area contributed by atoms with E-state index in [1.165, 1.54) is 0 Å². The van der Waals surface area contributed by atoms with Gasteiger partial charge in [-0.15, -0.1) is 0 Å². The first-order chi connectivity index (χ1) is 47.5. The molecular weight excluding hydrogens is 1580 g/mol. The molecule has 0 saturated carbocycles. The zero-order chi connectivity index (χ0) is 62.7. The fraction of sp³-hybridized carbons (Fsp3) is 0.0500. The Bertz CT molecular complexity index is 6350. The number of hydrogen-bond donors (Lipinski definition) is 0. The van der Waals surface area contributed by atoms with Gasteiger partial charge in [0.05, 0.1) is 46.6 Å². The number of nitrogens with zero attached hydrogens (tertiary/aromatic N) is 16.